The van der Waals surface area contributed by atoms with Crippen molar-refractivity contribution in [2.75, 3.05) is 52.5 Å². The van der Waals surface area contributed by atoms with Crippen LogP contribution in [-0.4, -0.2) is 85.1 Å². The van der Waals surface area contributed by atoms with E-state index in [9.17, 15) is 9.90 Å². The highest BCUT2D eigenvalue weighted by atomic mass is 16.6. The molecule has 2 heterocycles. The van der Waals surface area contributed by atoms with Crippen molar-refractivity contribution in [1.82, 2.24) is 9.80 Å². The number of amides is 1. The van der Waals surface area contributed by atoms with Crippen LogP contribution in [0.1, 0.15) is 33.6 Å². The molecule has 2 saturated heterocycles. The number of nitrogens with zero attached hydrogens (tertiary/aromatic N) is 3. The van der Waals surface area contributed by atoms with E-state index in [1.807, 2.05) is 25.7 Å². The molecule has 25 heavy (non-hydrogen) atoms. The van der Waals surface area contributed by atoms with Crippen molar-refractivity contribution in [3.63, 3.8) is 0 Å². The lowest BCUT2D eigenvalue weighted by molar-refractivity contribution is 0.0186. The van der Waals surface area contributed by atoms with E-state index in [1.54, 1.807) is 4.90 Å². The van der Waals surface area contributed by atoms with Crippen molar-refractivity contribution < 1.29 is 19.4 Å². The fourth-order valence-corrected chi connectivity index (χ4v) is 3.08. The Balaban J connectivity index is 1.84. The van der Waals surface area contributed by atoms with Crippen molar-refractivity contribution in [2.24, 2.45) is 16.1 Å². The fraction of sp³-hybridized carbons (Fsp3) is 0.882. The zero-order chi connectivity index (χ0) is 18.5. The number of aliphatic imine (C=N–C) groups is 1. The Labute approximate surface area is 150 Å². The highest BCUT2D eigenvalue weighted by Gasteiger charge is 2.34. The summed E-state index contributed by atoms with van der Waals surface area (Å²) in [7, 11) is 0. The zero-order valence-electron chi connectivity index (χ0n) is 15.7. The van der Waals surface area contributed by atoms with Crippen LogP contribution in [0.3, 0.4) is 0 Å². The summed E-state index contributed by atoms with van der Waals surface area (Å²) in [5.74, 6) is 0.494. The highest BCUT2D eigenvalue weighted by molar-refractivity contribution is 5.78. The molecule has 8 heteroatoms. The summed E-state index contributed by atoms with van der Waals surface area (Å²) >= 11 is 0. The minimum atomic E-state index is -0.487. The Morgan fingerprint density at radius 2 is 1.92 bits per heavy atom. The second-order valence-electron chi connectivity index (χ2n) is 7.91. The van der Waals surface area contributed by atoms with Gasteiger partial charge in [-0.3, -0.25) is 4.99 Å². The number of aliphatic hydroxyl groups excluding tert-OH is 1. The summed E-state index contributed by atoms with van der Waals surface area (Å²) in [6.07, 6.45) is 1.29. The Bertz CT molecular complexity index is 476. The van der Waals surface area contributed by atoms with E-state index in [0.717, 1.165) is 6.42 Å². The van der Waals surface area contributed by atoms with E-state index in [-0.39, 0.29) is 18.1 Å². The predicted octanol–water partition coefficient (Wildman–Crippen LogP) is 0.643. The molecule has 0 saturated carbocycles. The topological polar surface area (TPSA) is 101 Å². The van der Waals surface area contributed by atoms with Gasteiger partial charge in [-0.2, -0.15) is 0 Å². The third kappa shape index (κ3) is 5.74. The maximum atomic E-state index is 12.1. The standard InChI is InChI=1S/C17H32N4O4/c1-16(2,3)25-15(23)21-8-6-20(7-9-21)14(18)19-12-17(4-10-22)5-11-24-13-17/h22H,4-13H2,1-3H3,(H2,18,19). The van der Waals surface area contributed by atoms with Gasteiger partial charge in [-0.15, -0.1) is 0 Å². The molecule has 8 nitrogen and oxygen atoms in total. The molecule has 1 atom stereocenters. The van der Waals surface area contributed by atoms with Crippen LogP contribution >= 0.6 is 0 Å². The second-order valence-corrected chi connectivity index (χ2v) is 7.91. The second kappa shape index (κ2) is 8.23. The number of ether oxygens (including phenoxy) is 2. The summed E-state index contributed by atoms with van der Waals surface area (Å²) < 4.78 is 10.9. The van der Waals surface area contributed by atoms with Gasteiger partial charge in [0.05, 0.1) is 13.2 Å². The molecular formula is C17H32N4O4. The van der Waals surface area contributed by atoms with Crippen LogP contribution in [0.2, 0.25) is 0 Å². The number of nitrogens with two attached hydrogens (primary N) is 1. The third-order valence-corrected chi connectivity index (χ3v) is 4.66. The van der Waals surface area contributed by atoms with Gasteiger partial charge in [0.15, 0.2) is 5.96 Å². The van der Waals surface area contributed by atoms with E-state index in [1.165, 1.54) is 0 Å². The Morgan fingerprint density at radius 1 is 1.28 bits per heavy atom. The zero-order valence-corrected chi connectivity index (χ0v) is 15.7. The third-order valence-electron chi connectivity index (χ3n) is 4.66. The van der Waals surface area contributed by atoms with Crippen LogP contribution in [0.5, 0.6) is 0 Å². The molecule has 1 amide bonds. The van der Waals surface area contributed by atoms with Crippen LogP contribution < -0.4 is 5.73 Å². The lowest BCUT2D eigenvalue weighted by Crippen LogP contribution is -2.53. The predicted molar refractivity (Wildman–Crippen MR) is 95.4 cm³/mol. The van der Waals surface area contributed by atoms with Crippen LogP contribution in [-0.2, 0) is 9.47 Å². The number of carbonyl (C=O) groups is 1. The Hall–Kier alpha value is -1.54. The number of rotatable bonds is 4. The van der Waals surface area contributed by atoms with Crippen molar-refractivity contribution in [1.29, 1.82) is 0 Å². The molecule has 2 fully saturated rings. The van der Waals surface area contributed by atoms with Gasteiger partial charge < -0.3 is 30.1 Å². The molecule has 2 aliphatic heterocycles. The van der Waals surface area contributed by atoms with Gasteiger partial charge >= 0.3 is 6.09 Å². The summed E-state index contributed by atoms with van der Waals surface area (Å²) in [5.41, 5.74) is 5.56. The average Bonchev–Trinajstić information content (AvgIpc) is 3.00. The summed E-state index contributed by atoms with van der Waals surface area (Å²) in [4.78, 5) is 20.3. The van der Waals surface area contributed by atoms with E-state index in [2.05, 4.69) is 4.99 Å². The van der Waals surface area contributed by atoms with Crippen molar-refractivity contribution in [2.45, 2.75) is 39.2 Å². The van der Waals surface area contributed by atoms with Gasteiger partial charge in [-0.1, -0.05) is 0 Å². The maximum absolute atomic E-state index is 12.1. The van der Waals surface area contributed by atoms with Crippen molar-refractivity contribution in [3.05, 3.63) is 0 Å². The highest BCUT2D eigenvalue weighted by Crippen LogP contribution is 2.32. The van der Waals surface area contributed by atoms with Crippen molar-refractivity contribution in [3.8, 4) is 0 Å². The summed E-state index contributed by atoms with van der Waals surface area (Å²) in [6.45, 7) is 10.0. The first-order valence-corrected chi connectivity index (χ1v) is 8.96. The SMILES string of the molecule is CC(C)(C)OC(=O)N1CCN(C(N)=NCC2(CCO)CCOC2)CC1. The van der Waals surface area contributed by atoms with Gasteiger partial charge in [-0.25, -0.2) is 4.79 Å². The minimum Gasteiger partial charge on any atom is -0.444 e. The largest absolute Gasteiger partial charge is 0.444 e. The molecule has 0 aromatic heterocycles. The van der Waals surface area contributed by atoms with E-state index >= 15 is 0 Å². The van der Waals surface area contributed by atoms with Gasteiger partial charge in [-0.05, 0) is 33.6 Å². The number of hydrogen-bond donors (Lipinski definition) is 2. The van der Waals surface area contributed by atoms with Crippen LogP contribution in [0, 0.1) is 5.41 Å². The normalized spacial score (nSPS) is 25.4. The first kappa shape index (κ1) is 19.8. The van der Waals surface area contributed by atoms with Gasteiger partial charge in [0.25, 0.3) is 0 Å². The first-order valence-electron chi connectivity index (χ1n) is 8.96. The van der Waals surface area contributed by atoms with E-state index in [0.29, 0.717) is 58.3 Å². The molecule has 0 aromatic rings. The molecule has 144 valence electrons. The molecular weight excluding hydrogens is 324 g/mol. The molecule has 2 aliphatic rings. The quantitative estimate of drug-likeness (QED) is 0.566. The molecule has 0 spiro atoms. The van der Waals surface area contributed by atoms with Crippen LogP contribution in [0.25, 0.3) is 0 Å². The minimum absolute atomic E-state index is 0.0995. The first-order chi connectivity index (χ1) is 11.7. The number of carbonyl (C=O) groups excluding carboxylic acids is 1. The number of guanidine groups is 1. The Kier molecular flexibility index (Phi) is 6.51. The van der Waals surface area contributed by atoms with Gasteiger partial charge in [0, 0.05) is 44.8 Å². The smallest absolute Gasteiger partial charge is 0.410 e. The monoisotopic (exact) mass is 356 g/mol. The molecule has 2 rings (SSSR count). The average molecular weight is 356 g/mol. The van der Waals surface area contributed by atoms with E-state index < -0.39 is 5.60 Å². The number of hydrogen-bond acceptors (Lipinski definition) is 5. The van der Waals surface area contributed by atoms with Gasteiger partial charge in [0.1, 0.15) is 5.60 Å². The van der Waals surface area contributed by atoms with Crippen molar-refractivity contribution >= 4 is 12.1 Å². The summed E-state index contributed by atoms with van der Waals surface area (Å²) in [5, 5.41) is 9.27. The Morgan fingerprint density at radius 3 is 2.44 bits per heavy atom. The van der Waals surface area contributed by atoms with Crippen LogP contribution in [0.4, 0.5) is 4.79 Å². The molecule has 0 aromatic carbocycles. The lowest BCUT2D eigenvalue weighted by atomic mass is 9.84. The van der Waals surface area contributed by atoms with Crippen LogP contribution in [0.15, 0.2) is 4.99 Å². The van der Waals surface area contributed by atoms with Gasteiger partial charge in [0.2, 0.25) is 0 Å². The van der Waals surface area contributed by atoms with E-state index in [4.69, 9.17) is 15.2 Å². The maximum Gasteiger partial charge on any atom is 0.410 e. The molecule has 0 radical (unpaired) electrons. The summed E-state index contributed by atoms with van der Waals surface area (Å²) in [6, 6.07) is 0. The lowest BCUT2D eigenvalue weighted by Gasteiger charge is -2.36. The number of aliphatic hydroxyl groups is 1. The molecule has 0 bridgehead atoms. The fourth-order valence-electron chi connectivity index (χ4n) is 3.08. The molecule has 0 aliphatic carbocycles. The molecule has 1 unspecified atom stereocenters. The number of piperazine rings is 1. The molecule has 3 N–H and O–H groups in total.